The lowest BCUT2D eigenvalue weighted by Crippen LogP contribution is -2.03. The number of hydrogen-bond acceptors (Lipinski definition) is 3. The molecule has 0 aliphatic carbocycles. The van der Waals surface area contributed by atoms with Gasteiger partial charge in [-0.05, 0) is 36.2 Å². The average molecular weight is 228 g/mol. The Balaban J connectivity index is 2.08. The molecule has 1 heterocycles. The highest BCUT2D eigenvalue weighted by molar-refractivity contribution is 5.52. The molecule has 0 unspecified atom stereocenters. The van der Waals surface area contributed by atoms with E-state index in [0.29, 0.717) is 6.54 Å². The van der Waals surface area contributed by atoms with Crippen LogP contribution in [0.25, 0.3) is 0 Å². The molecule has 88 valence electrons. The highest BCUT2D eigenvalue weighted by Crippen LogP contribution is 2.17. The lowest BCUT2D eigenvalue weighted by Gasteiger charge is -2.10. The molecule has 3 nitrogen and oxygen atoms in total. The van der Waals surface area contributed by atoms with Crippen molar-refractivity contribution < 1.29 is 5.11 Å². The molecule has 0 fully saturated rings. The second kappa shape index (κ2) is 5.46. The number of hydrogen-bond donors (Lipinski definition) is 2. The fourth-order valence-electron chi connectivity index (χ4n) is 1.65. The van der Waals surface area contributed by atoms with Gasteiger partial charge in [-0.2, -0.15) is 0 Å². The second-order valence-electron chi connectivity index (χ2n) is 3.98. The van der Waals surface area contributed by atoms with E-state index in [2.05, 4.69) is 10.3 Å². The van der Waals surface area contributed by atoms with Crippen LogP contribution in [-0.2, 0) is 13.2 Å². The van der Waals surface area contributed by atoms with Crippen LogP contribution < -0.4 is 5.32 Å². The molecule has 0 aliphatic heterocycles. The largest absolute Gasteiger partial charge is 0.392 e. The molecule has 3 heteroatoms. The first-order chi connectivity index (χ1) is 8.29. The molecule has 0 bridgehead atoms. The van der Waals surface area contributed by atoms with E-state index in [0.717, 1.165) is 22.5 Å². The minimum atomic E-state index is 0.0680. The monoisotopic (exact) mass is 228 g/mol. The fourth-order valence-corrected chi connectivity index (χ4v) is 1.65. The van der Waals surface area contributed by atoms with Crippen molar-refractivity contribution in [2.75, 3.05) is 5.32 Å². The number of aliphatic hydroxyl groups excluding tert-OH is 1. The number of aliphatic hydroxyl groups is 1. The van der Waals surface area contributed by atoms with Crippen molar-refractivity contribution >= 4 is 5.69 Å². The van der Waals surface area contributed by atoms with E-state index in [9.17, 15) is 0 Å². The third-order valence-corrected chi connectivity index (χ3v) is 2.67. The van der Waals surface area contributed by atoms with E-state index < -0.39 is 0 Å². The smallest absolute Gasteiger partial charge is 0.0682 e. The quantitative estimate of drug-likeness (QED) is 0.845. The number of anilines is 1. The minimum Gasteiger partial charge on any atom is -0.392 e. The number of nitrogens with one attached hydrogen (secondary N) is 1. The predicted molar refractivity (Wildman–Crippen MR) is 68.7 cm³/mol. The van der Waals surface area contributed by atoms with Gasteiger partial charge in [0.2, 0.25) is 0 Å². The number of nitrogens with zero attached hydrogens (tertiary/aromatic N) is 1. The SMILES string of the molecule is Cc1ccc(CO)cc1NCc1ccccn1. The number of aromatic nitrogens is 1. The van der Waals surface area contributed by atoms with Gasteiger partial charge < -0.3 is 10.4 Å². The molecule has 0 aliphatic rings. The Morgan fingerprint density at radius 1 is 1.24 bits per heavy atom. The molecule has 1 aromatic heterocycles. The summed E-state index contributed by atoms with van der Waals surface area (Å²) in [7, 11) is 0. The van der Waals surface area contributed by atoms with Gasteiger partial charge in [0.15, 0.2) is 0 Å². The Morgan fingerprint density at radius 2 is 2.12 bits per heavy atom. The maximum atomic E-state index is 9.10. The molecule has 0 atom stereocenters. The summed E-state index contributed by atoms with van der Waals surface area (Å²) in [6.07, 6.45) is 1.79. The zero-order valence-corrected chi connectivity index (χ0v) is 9.85. The van der Waals surface area contributed by atoms with E-state index >= 15 is 0 Å². The van der Waals surface area contributed by atoms with Crippen LogP contribution in [0.1, 0.15) is 16.8 Å². The Hall–Kier alpha value is -1.87. The van der Waals surface area contributed by atoms with Crippen molar-refractivity contribution in [3.05, 3.63) is 59.4 Å². The molecule has 1 aromatic carbocycles. The zero-order chi connectivity index (χ0) is 12.1. The Morgan fingerprint density at radius 3 is 2.82 bits per heavy atom. The van der Waals surface area contributed by atoms with Gasteiger partial charge in [-0.3, -0.25) is 4.98 Å². The molecule has 2 rings (SSSR count). The standard InChI is InChI=1S/C14H16N2O/c1-11-5-6-12(10-17)8-14(11)16-9-13-4-2-3-7-15-13/h2-8,16-17H,9-10H2,1H3. The van der Waals surface area contributed by atoms with Crippen LogP contribution in [0.4, 0.5) is 5.69 Å². The molecule has 0 saturated heterocycles. The summed E-state index contributed by atoms with van der Waals surface area (Å²) < 4.78 is 0. The lowest BCUT2D eigenvalue weighted by molar-refractivity contribution is 0.282. The van der Waals surface area contributed by atoms with Gasteiger partial charge in [0.05, 0.1) is 18.8 Å². The number of pyridine rings is 1. The van der Waals surface area contributed by atoms with Gasteiger partial charge in [-0.1, -0.05) is 18.2 Å². The first-order valence-corrected chi connectivity index (χ1v) is 5.64. The van der Waals surface area contributed by atoms with Crippen LogP contribution in [0, 0.1) is 6.92 Å². The van der Waals surface area contributed by atoms with Crippen molar-refractivity contribution in [1.82, 2.24) is 4.98 Å². The third kappa shape index (κ3) is 3.04. The Labute approximate surface area is 101 Å². The van der Waals surface area contributed by atoms with E-state index in [1.165, 1.54) is 0 Å². The van der Waals surface area contributed by atoms with Crippen molar-refractivity contribution in [2.45, 2.75) is 20.1 Å². The maximum Gasteiger partial charge on any atom is 0.0682 e. The summed E-state index contributed by atoms with van der Waals surface area (Å²) in [5.74, 6) is 0. The lowest BCUT2D eigenvalue weighted by atomic mass is 10.1. The maximum absolute atomic E-state index is 9.10. The summed E-state index contributed by atoms with van der Waals surface area (Å²) in [4.78, 5) is 4.25. The van der Waals surface area contributed by atoms with Gasteiger partial charge >= 0.3 is 0 Å². The van der Waals surface area contributed by atoms with Crippen molar-refractivity contribution in [1.29, 1.82) is 0 Å². The van der Waals surface area contributed by atoms with Gasteiger partial charge in [-0.15, -0.1) is 0 Å². The Bertz CT molecular complexity index is 483. The summed E-state index contributed by atoms with van der Waals surface area (Å²) in [6, 6.07) is 11.8. The summed E-state index contributed by atoms with van der Waals surface area (Å²) in [5, 5.41) is 12.4. The second-order valence-corrected chi connectivity index (χ2v) is 3.98. The topological polar surface area (TPSA) is 45.1 Å². The number of benzene rings is 1. The van der Waals surface area contributed by atoms with Crippen LogP contribution in [0.15, 0.2) is 42.6 Å². The summed E-state index contributed by atoms with van der Waals surface area (Å²) in [5.41, 5.74) is 4.13. The predicted octanol–water partition coefficient (Wildman–Crippen LogP) is 2.49. The van der Waals surface area contributed by atoms with Gasteiger partial charge in [0, 0.05) is 11.9 Å². The van der Waals surface area contributed by atoms with E-state index in [1.54, 1.807) is 6.20 Å². The number of rotatable bonds is 4. The summed E-state index contributed by atoms with van der Waals surface area (Å²) in [6.45, 7) is 2.80. The van der Waals surface area contributed by atoms with Gasteiger partial charge in [0.1, 0.15) is 0 Å². The Kier molecular flexibility index (Phi) is 3.73. The van der Waals surface area contributed by atoms with Crippen LogP contribution in [0.5, 0.6) is 0 Å². The molecule has 0 amide bonds. The van der Waals surface area contributed by atoms with E-state index in [4.69, 9.17) is 5.11 Å². The van der Waals surface area contributed by atoms with E-state index in [-0.39, 0.29) is 6.61 Å². The normalized spacial score (nSPS) is 10.2. The van der Waals surface area contributed by atoms with Crippen LogP contribution in [-0.4, -0.2) is 10.1 Å². The molecule has 2 aromatic rings. The average Bonchev–Trinajstić information content (AvgIpc) is 2.39. The summed E-state index contributed by atoms with van der Waals surface area (Å²) >= 11 is 0. The molecule has 2 N–H and O–H groups in total. The van der Waals surface area contributed by atoms with E-state index in [1.807, 2.05) is 43.3 Å². The molecular weight excluding hydrogens is 212 g/mol. The van der Waals surface area contributed by atoms with Gasteiger partial charge in [0.25, 0.3) is 0 Å². The van der Waals surface area contributed by atoms with Crippen LogP contribution in [0.3, 0.4) is 0 Å². The van der Waals surface area contributed by atoms with Gasteiger partial charge in [-0.25, -0.2) is 0 Å². The van der Waals surface area contributed by atoms with Crippen LogP contribution in [0.2, 0.25) is 0 Å². The van der Waals surface area contributed by atoms with Crippen molar-refractivity contribution in [3.63, 3.8) is 0 Å². The molecule has 0 spiro atoms. The highest BCUT2D eigenvalue weighted by Gasteiger charge is 2.00. The third-order valence-electron chi connectivity index (χ3n) is 2.67. The minimum absolute atomic E-state index is 0.0680. The first-order valence-electron chi connectivity index (χ1n) is 5.64. The fraction of sp³-hybridized carbons (Fsp3) is 0.214. The zero-order valence-electron chi connectivity index (χ0n) is 9.85. The van der Waals surface area contributed by atoms with Crippen molar-refractivity contribution in [2.24, 2.45) is 0 Å². The molecule has 0 saturated carbocycles. The van der Waals surface area contributed by atoms with Crippen LogP contribution >= 0.6 is 0 Å². The highest BCUT2D eigenvalue weighted by atomic mass is 16.3. The molecular formula is C14H16N2O. The molecule has 0 radical (unpaired) electrons. The molecule has 17 heavy (non-hydrogen) atoms. The first kappa shape index (κ1) is 11.6. The van der Waals surface area contributed by atoms with Crippen molar-refractivity contribution in [3.8, 4) is 0 Å². The number of aryl methyl sites for hydroxylation is 1.